The highest BCUT2D eigenvalue weighted by Crippen LogP contribution is 2.27. The maximum Gasteiger partial charge on any atom is 0.261 e. The van der Waals surface area contributed by atoms with Crippen molar-refractivity contribution in [1.82, 2.24) is 10.2 Å². The van der Waals surface area contributed by atoms with E-state index in [0.29, 0.717) is 22.2 Å². The zero-order valence-electron chi connectivity index (χ0n) is 19.9. The fourth-order valence-corrected chi connectivity index (χ4v) is 3.97. The molecule has 0 bridgehead atoms. The first-order valence-electron chi connectivity index (χ1n) is 10.8. The molecule has 0 fully saturated rings. The van der Waals surface area contributed by atoms with Crippen molar-refractivity contribution in [2.24, 2.45) is 0 Å². The van der Waals surface area contributed by atoms with E-state index in [-0.39, 0.29) is 25.0 Å². The third-order valence-electron chi connectivity index (χ3n) is 4.99. The lowest BCUT2D eigenvalue weighted by molar-refractivity contribution is -0.143. The van der Waals surface area contributed by atoms with Gasteiger partial charge in [0, 0.05) is 16.6 Å². The standard InChI is InChI=1S/C25H31BrCl2N2O3/c1-7-21(24(32)29-25(4,5)6)30(13-17-8-9-19(27)20(28)12-17)22(31)14-33-18-10-15(2)23(26)16(3)11-18/h8-12,21H,7,13-14H2,1-6H3,(H,29,32)/t21-/m1/s1. The second kappa shape index (κ2) is 11.6. The molecule has 0 saturated heterocycles. The van der Waals surface area contributed by atoms with Crippen molar-refractivity contribution < 1.29 is 14.3 Å². The van der Waals surface area contributed by atoms with Crippen LogP contribution in [0.1, 0.15) is 50.8 Å². The van der Waals surface area contributed by atoms with Crippen LogP contribution in [0.5, 0.6) is 5.75 Å². The Kier molecular flexibility index (Phi) is 9.65. The highest BCUT2D eigenvalue weighted by atomic mass is 79.9. The number of benzene rings is 2. The summed E-state index contributed by atoms with van der Waals surface area (Å²) in [6, 6.07) is 8.27. The molecule has 2 aromatic rings. The molecular formula is C25H31BrCl2N2O3. The van der Waals surface area contributed by atoms with Gasteiger partial charge >= 0.3 is 0 Å². The number of ether oxygens (including phenoxy) is 1. The number of halogens is 3. The summed E-state index contributed by atoms with van der Waals surface area (Å²) in [7, 11) is 0. The van der Waals surface area contributed by atoms with E-state index in [2.05, 4.69) is 21.2 Å². The molecule has 1 atom stereocenters. The molecule has 2 aromatic carbocycles. The maximum absolute atomic E-state index is 13.3. The average molecular weight is 558 g/mol. The number of nitrogens with one attached hydrogen (secondary N) is 1. The Labute approximate surface area is 214 Å². The summed E-state index contributed by atoms with van der Waals surface area (Å²) < 4.78 is 6.84. The largest absolute Gasteiger partial charge is 0.484 e. The molecule has 180 valence electrons. The van der Waals surface area contributed by atoms with E-state index in [9.17, 15) is 9.59 Å². The van der Waals surface area contributed by atoms with E-state index in [1.54, 1.807) is 23.1 Å². The molecule has 0 saturated carbocycles. The number of hydrogen-bond donors (Lipinski definition) is 1. The van der Waals surface area contributed by atoms with Crippen molar-refractivity contribution in [1.29, 1.82) is 0 Å². The maximum atomic E-state index is 13.3. The van der Waals surface area contributed by atoms with Gasteiger partial charge in [-0.25, -0.2) is 0 Å². The molecule has 5 nitrogen and oxygen atoms in total. The summed E-state index contributed by atoms with van der Waals surface area (Å²) >= 11 is 15.8. The number of rotatable bonds is 8. The van der Waals surface area contributed by atoms with Gasteiger partial charge in [0.25, 0.3) is 5.91 Å². The van der Waals surface area contributed by atoms with Gasteiger partial charge in [0.1, 0.15) is 11.8 Å². The predicted molar refractivity (Wildman–Crippen MR) is 138 cm³/mol. The van der Waals surface area contributed by atoms with Gasteiger partial charge in [0.05, 0.1) is 10.0 Å². The van der Waals surface area contributed by atoms with Gasteiger partial charge in [0.15, 0.2) is 6.61 Å². The number of carbonyl (C=O) groups excluding carboxylic acids is 2. The molecule has 0 heterocycles. The van der Waals surface area contributed by atoms with E-state index in [0.717, 1.165) is 21.2 Å². The third-order valence-corrected chi connectivity index (χ3v) is 6.98. The Hall–Kier alpha value is -1.76. The van der Waals surface area contributed by atoms with Crippen LogP contribution < -0.4 is 10.1 Å². The van der Waals surface area contributed by atoms with Crippen LogP contribution in [-0.2, 0) is 16.1 Å². The molecule has 0 aliphatic heterocycles. The summed E-state index contributed by atoms with van der Waals surface area (Å²) in [5, 5.41) is 3.81. The molecule has 2 amide bonds. The third kappa shape index (κ3) is 7.90. The van der Waals surface area contributed by atoms with Crippen LogP contribution >= 0.6 is 39.1 Å². The van der Waals surface area contributed by atoms with Crippen LogP contribution in [0, 0.1) is 13.8 Å². The smallest absolute Gasteiger partial charge is 0.261 e. The van der Waals surface area contributed by atoms with Crippen LogP contribution in [0.15, 0.2) is 34.8 Å². The molecule has 8 heteroatoms. The van der Waals surface area contributed by atoms with Crippen LogP contribution in [0.3, 0.4) is 0 Å². The average Bonchev–Trinajstić information content (AvgIpc) is 2.71. The molecule has 2 rings (SSSR count). The van der Waals surface area contributed by atoms with Crippen molar-refractivity contribution >= 4 is 50.9 Å². The first-order chi connectivity index (χ1) is 15.3. The van der Waals surface area contributed by atoms with E-state index < -0.39 is 11.6 Å². The van der Waals surface area contributed by atoms with Crippen LogP contribution in [0.2, 0.25) is 10.0 Å². The number of hydrogen-bond acceptors (Lipinski definition) is 3. The van der Waals surface area contributed by atoms with Gasteiger partial charge < -0.3 is 15.0 Å². The van der Waals surface area contributed by atoms with Gasteiger partial charge in [-0.05, 0) is 82.0 Å². The quantitative estimate of drug-likeness (QED) is 0.404. The monoisotopic (exact) mass is 556 g/mol. The van der Waals surface area contributed by atoms with Gasteiger partial charge in [-0.2, -0.15) is 0 Å². The Bertz CT molecular complexity index is 998. The summed E-state index contributed by atoms with van der Waals surface area (Å²) in [5.41, 5.74) is 2.38. The lowest BCUT2D eigenvalue weighted by atomic mass is 10.1. The Morgan fingerprint density at radius 3 is 2.21 bits per heavy atom. The summed E-state index contributed by atoms with van der Waals surface area (Å²) in [6.45, 7) is 11.5. The molecule has 33 heavy (non-hydrogen) atoms. The first-order valence-corrected chi connectivity index (χ1v) is 12.3. The van der Waals surface area contributed by atoms with Crippen molar-refractivity contribution in [2.45, 2.75) is 66.1 Å². The molecule has 1 N–H and O–H groups in total. The Morgan fingerprint density at radius 1 is 1.09 bits per heavy atom. The van der Waals surface area contributed by atoms with E-state index in [1.165, 1.54) is 0 Å². The first kappa shape index (κ1) is 27.5. The highest BCUT2D eigenvalue weighted by Gasteiger charge is 2.31. The molecular weight excluding hydrogens is 527 g/mol. The molecule has 0 aliphatic rings. The summed E-state index contributed by atoms with van der Waals surface area (Å²) in [6.07, 6.45) is 0.450. The van der Waals surface area contributed by atoms with Crippen LogP contribution in [0.25, 0.3) is 0 Å². The molecule has 0 unspecified atom stereocenters. The molecule has 0 aliphatic carbocycles. The van der Waals surface area contributed by atoms with E-state index in [4.69, 9.17) is 27.9 Å². The van der Waals surface area contributed by atoms with Crippen molar-refractivity contribution in [3.63, 3.8) is 0 Å². The Morgan fingerprint density at radius 2 is 1.70 bits per heavy atom. The number of carbonyl (C=O) groups is 2. The predicted octanol–water partition coefficient (Wildman–Crippen LogP) is 6.47. The summed E-state index contributed by atoms with van der Waals surface area (Å²) in [5.74, 6) is 0.0900. The fraction of sp³-hybridized carbons (Fsp3) is 0.440. The van der Waals surface area contributed by atoms with Gasteiger partial charge in [-0.3, -0.25) is 9.59 Å². The van der Waals surface area contributed by atoms with E-state index in [1.807, 2.05) is 53.7 Å². The van der Waals surface area contributed by atoms with Crippen LogP contribution in [0.4, 0.5) is 0 Å². The molecule has 0 aromatic heterocycles. The van der Waals surface area contributed by atoms with Crippen molar-refractivity contribution in [3.8, 4) is 5.75 Å². The van der Waals surface area contributed by atoms with Crippen molar-refractivity contribution in [3.05, 3.63) is 61.5 Å². The zero-order valence-corrected chi connectivity index (χ0v) is 23.0. The lowest BCUT2D eigenvalue weighted by Gasteiger charge is -2.33. The minimum absolute atomic E-state index is 0.193. The van der Waals surface area contributed by atoms with E-state index >= 15 is 0 Å². The number of nitrogens with zero attached hydrogens (tertiary/aromatic N) is 1. The van der Waals surface area contributed by atoms with Gasteiger partial charge in [-0.15, -0.1) is 0 Å². The van der Waals surface area contributed by atoms with Gasteiger partial charge in [-0.1, -0.05) is 52.1 Å². The zero-order chi connectivity index (χ0) is 24.9. The second-order valence-electron chi connectivity index (χ2n) is 9.09. The number of aryl methyl sites for hydroxylation is 2. The SMILES string of the molecule is CC[C@H](C(=O)NC(C)(C)C)N(Cc1ccc(Cl)c(Cl)c1)C(=O)COc1cc(C)c(Br)c(C)c1. The van der Waals surface area contributed by atoms with Crippen molar-refractivity contribution in [2.75, 3.05) is 6.61 Å². The fourth-order valence-electron chi connectivity index (χ4n) is 3.42. The minimum Gasteiger partial charge on any atom is -0.484 e. The molecule has 0 spiro atoms. The Balaban J connectivity index is 2.30. The molecule has 0 radical (unpaired) electrons. The topological polar surface area (TPSA) is 58.6 Å². The lowest BCUT2D eigenvalue weighted by Crippen LogP contribution is -2.54. The van der Waals surface area contributed by atoms with Gasteiger partial charge in [0.2, 0.25) is 5.91 Å². The summed E-state index contributed by atoms with van der Waals surface area (Å²) in [4.78, 5) is 27.9. The van der Waals surface area contributed by atoms with Crippen LogP contribution in [-0.4, -0.2) is 34.9 Å². The normalized spacial score (nSPS) is 12.3. The number of amides is 2. The minimum atomic E-state index is -0.664. The highest BCUT2D eigenvalue weighted by molar-refractivity contribution is 9.10. The second-order valence-corrected chi connectivity index (χ2v) is 10.7.